The lowest BCUT2D eigenvalue weighted by Gasteiger charge is -2.13. The first-order valence-electron chi connectivity index (χ1n) is 9.47. The summed E-state index contributed by atoms with van der Waals surface area (Å²) in [4.78, 5) is 28.2. The second kappa shape index (κ2) is 9.04. The molecule has 0 N–H and O–H groups in total. The van der Waals surface area contributed by atoms with Gasteiger partial charge in [0.05, 0.1) is 30.8 Å². The Labute approximate surface area is 195 Å². The van der Waals surface area contributed by atoms with Crippen molar-refractivity contribution < 1.29 is 19.1 Å². The van der Waals surface area contributed by atoms with Crippen LogP contribution in [0.5, 0.6) is 17.2 Å². The molecule has 2 aromatic carbocycles. The molecule has 4 rings (SSSR count). The van der Waals surface area contributed by atoms with E-state index in [4.69, 9.17) is 25.8 Å². The second-order valence-corrected chi connectivity index (χ2v) is 8.23. The van der Waals surface area contributed by atoms with Gasteiger partial charge in [-0.1, -0.05) is 29.0 Å². The third-order valence-corrected chi connectivity index (χ3v) is 6.06. The van der Waals surface area contributed by atoms with Crippen molar-refractivity contribution in [1.82, 2.24) is 14.6 Å². The van der Waals surface area contributed by atoms with Crippen LogP contribution < -0.4 is 24.3 Å². The van der Waals surface area contributed by atoms with Crippen LogP contribution >= 0.6 is 22.9 Å². The van der Waals surface area contributed by atoms with Gasteiger partial charge in [0, 0.05) is 12.5 Å². The number of hydrogen-bond acceptors (Lipinski definition) is 9. The predicted molar refractivity (Wildman–Crippen MR) is 123 cm³/mol. The lowest BCUT2D eigenvalue weighted by molar-refractivity contribution is -0.384. The highest BCUT2D eigenvalue weighted by Crippen LogP contribution is 2.38. The van der Waals surface area contributed by atoms with Gasteiger partial charge in [-0.25, -0.2) is 4.98 Å². The van der Waals surface area contributed by atoms with Crippen LogP contribution in [0.4, 0.5) is 5.69 Å². The molecule has 0 spiro atoms. The number of nitro groups is 1. The number of nitrogens with zero attached hydrogens (tertiary/aromatic N) is 4. The van der Waals surface area contributed by atoms with Crippen molar-refractivity contribution >= 4 is 39.7 Å². The van der Waals surface area contributed by atoms with Crippen molar-refractivity contribution in [2.24, 2.45) is 0 Å². The molecule has 0 aliphatic carbocycles. The van der Waals surface area contributed by atoms with Crippen LogP contribution in [-0.4, -0.2) is 40.9 Å². The molecule has 0 aliphatic heterocycles. The molecule has 170 valence electrons. The summed E-state index contributed by atoms with van der Waals surface area (Å²) in [5.41, 5.74) is 0.696. The summed E-state index contributed by atoms with van der Waals surface area (Å²) < 4.78 is 17.6. The lowest BCUT2D eigenvalue weighted by Crippen LogP contribution is -2.23. The van der Waals surface area contributed by atoms with Crippen LogP contribution in [0.1, 0.15) is 17.0 Å². The number of nitro benzene ring substituents is 1. The van der Waals surface area contributed by atoms with Crippen molar-refractivity contribution in [3.63, 3.8) is 0 Å². The standard InChI is InChI=1S/C21H17ClN4O6S/c1-30-15-7-12(8-16(31-2)19(15)32-3)10-18-23-21-25(24-18)20(27)17(33-21)9-11-4-5-13(22)14(6-11)26(28)29/h4-9H,10H2,1-3H3/b17-9-. The molecule has 0 bridgehead atoms. The van der Waals surface area contributed by atoms with E-state index in [2.05, 4.69) is 10.1 Å². The fourth-order valence-electron chi connectivity index (χ4n) is 3.28. The van der Waals surface area contributed by atoms with Gasteiger partial charge in [0.1, 0.15) is 5.02 Å². The fraction of sp³-hybridized carbons (Fsp3) is 0.190. The molecule has 0 aliphatic rings. The van der Waals surface area contributed by atoms with Gasteiger partial charge in [0.25, 0.3) is 11.2 Å². The number of ether oxygens (including phenoxy) is 3. The topological polar surface area (TPSA) is 118 Å². The summed E-state index contributed by atoms with van der Waals surface area (Å²) in [7, 11) is 4.59. The van der Waals surface area contributed by atoms with E-state index in [1.54, 1.807) is 24.3 Å². The van der Waals surface area contributed by atoms with Crippen LogP contribution in [-0.2, 0) is 6.42 Å². The Hall–Kier alpha value is -3.70. The van der Waals surface area contributed by atoms with Crippen molar-refractivity contribution in [2.75, 3.05) is 21.3 Å². The van der Waals surface area contributed by atoms with Gasteiger partial charge in [-0.2, -0.15) is 4.52 Å². The van der Waals surface area contributed by atoms with Crippen LogP contribution in [0, 0.1) is 10.1 Å². The van der Waals surface area contributed by atoms with Crippen molar-refractivity contribution in [3.8, 4) is 17.2 Å². The number of hydrogen-bond donors (Lipinski definition) is 0. The maximum Gasteiger partial charge on any atom is 0.291 e. The number of rotatable bonds is 7. The first-order valence-corrected chi connectivity index (χ1v) is 10.7. The van der Waals surface area contributed by atoms with Gasteiger partial charge in [-0.15, -0.1) is 5.10 Å². The molecule has 12 heteroatoms. The Morgan fingerprint density at radius 3 is 2.42 bits per heavy atom. The number of aromatic nitrogens is 3. The Morgan fingerprint density at radius 1 is 1.15 bits per heavy atom. The molecule has 4 aromatic rings. The molecule has 0 unspecified atom stereocenters. The minimum absolute atomic E-state index is 0.0265. The highest BCUT2D eigenvalue weighted by Gasteiger charge is 2.17. The predicted octanol–water partition coefficient (Wildman–Crippen LogP) is 2.88. The van der Waals surface area contributed by atoms with E-state index in [1.807, 2.05) is 0 Å². The fourth-order valence-corrected chi connectivity index (χ4v) is 4.39. The second-order valence-electron chi connectivity index (χ2n) is 6.82. The summed E-state index contributed by atoms with van der Waals surface area (Å²) in [5, 5.41) is 15.4. The lowest BCUT2D eigenvalue weighted by atomic mass is 10.1. The molecule has 0 radical (unpaired) electrons. The highest BCUT2D eigenvalue weighted by atomic mass is 35.5. The maximum absolute atomic E-state index is 12.8. The molecule has 0 saturated heterocycles. The van der Waals surface area contributed by atoms with Crippen LogP contribution in [0.25, 0.3) is 11.0 Å². The number of thiazole rings is 1. The van der Waals surface area contributed by atoms with Crippen molar-refractivity contribution in [2.45, 2.75) is 6.42 Å². The molecule has 2 aromatic heterocycles. The highest BCUT2D eigenvalue weighted by molar-refractivity contribution is 7.15. The smallest absolute Gasteiger partial charge is 0.291 e. The van der Waals surface area contributed by atoms with E-state index >= 15 is 0 Å². The van der Waals surface area contributed by atoms with Gasteiger partial charge >= 0.3 is 0 Å². The summed E-state index contributed by atoms with van der Waals surface area (Å²) in [6.45, 7) is 0. The van der Waals surface area contributed by atoms with Gasteiger partial charge in [-0.3, -0.25) is 14.9 Å². The Balaban J connectivity index is 1.68. The zero-order valence-corrected chi connectivity index (χ0v) is 19.3. The van der Waals surface area contributed by atoms with E-state index in [9.17, 15) is 14.9 Å². The van der Waals surface area contributed by atoms with Gasteiger partial charge in [-0.05, 0) is 35.4 Å². The Morgan fingerprint density at radius 2 is 1.85 bits per heavy atom. The normalized spacial score (nSPS) is 11.7. The van der Waals surface area contributed by atoms with Crippen LogP contribution in [0.2, 0.25) is 5.02 Å². The largest absolute Gasteiger partial charge is 0.493 e. The third-order valence-electron chi connectivity index (χ3n) is 4.78. The molecule has 0 saturated carbocycles. The van der Waals surface area contributed by atoms with Gasteiger partial charge in [0.15, 0.2) is 17.3 Å². The minimum atomic E-state index is -0.573. The van der Waals surface area contributed by atoms with Crippen LogP contribution in [0.15, 0.2) is 35.1 Å². The van der Waals surface area contributed by atoms with Gasteiger partial charge < -0.3 is 14.2 Å². The number of methoxy groups -OCH3 is 3. The molecule has 0 amide bonds. The first kappa shape index (κ1) is 22.5. The number of fused-ring (bicyclic) bond motifs is 1. The molecular weight excluding hydrogens is 472 g/mol. The number of halogens is 1. The molecule has 2 heterocycles. The van der Waals surface area contributed by atoms with E-state index in [0.29, 0.717) is 44.6 Å². The van der Waals surface area contributed by atoms with Crippen molar-refractivity contribution in [1.29, 1.82) is 0 Å². The summed E-state index contributed by atoms with van der Waals surface area (Å²) in [6, 6.07) is 7.92. The molecule has 10 nitrogen and oxygen atoms in total. The average molecular weight is 489 g/mol. The van der Waals surface area contributed by atoms with E-state index < -0.39 is 4.92 Å². The average Bonchev–Trinajstić information content (AvgIpc) is 3.32. The SMILES string of the molecule is COc1cc(Cc2nc3s/c(=C\c4ccc(Cl)c([N+](=O)[O-])c4)c(=O)n3n2)cc(OC)c1OC. The Kier molecular flexibility index (Phi) is 6.16. The number of benzene rings is 2. The summed E-state index contributed by atoms with van der Waals surface area (Å²) in [5.74, 6) is 1.94. The molecular formula is C21H17ClN4O6S. The van der Waals surface area contributed by atoms with E-state index in [-0.39, 0.29) is 16.3 Å². The Bertz CT molecular complexity index is 1460. The summed E-state index contributed by atoms with van der Waals surface area (Å²) >= 11 is 6.99. The quantitative estimate of drug-likeness (QED) is 0.288. The molecule has 0 atom stereocenters. The zero-order chi connectivity index (χ0) is 23.7. The zero-order valence-electron chi connectivity index (χ0n) is 17.7. The van der Waals surface area contributed by atoms with E-state index in [0.717, 1.165) is 16.9 Å². The maximum atomic E-state index is 12.8. The monoisotopic (exact) mass is 488 g/mol. The van der Waals surface area contributed by atoms with Gasteiger partial charge in [0.2, 0.25) is 10.7 Å². The molecule has 0 fully saturated rings. The summed E-state index contributed by atoms with van der Waals surface area (Å²) in [6.07, 6.45) is 1.89. The third kappa shape index (κ3) is 4.32. The first-order chi connectivity index (χ1) is 15.8. The molecule has 33 heavy (non-hydrogen) atoms. The van der Waals surface area contributed by atoms with E-state index in [1.165, 1.54) is 38.0 Å². The minimum Gasteiger partial charge on any atom is -0.493 e. The van der Waals surface area contributed by atoms with Crippen LogP contribution in [0.3, 0.4) is 0 Å². The van der Waals surface area contributed by atoms with Crippen molar-refractivity contribution in [3.05, 3.63) is 77.3 Å².